The lowest BCUT2D eigenvalue weighted by atomic mass is 10.0. The standard InChI is InChI=1S/C15H20O2/c1-11(13-7-3-4-8-13)12(2)15(16)17-14-9-5-6-10-14/h7,9H,3-6,8,10H2,1-2H3. The van der Waals surface area contributed by atoms with Crippen molar-refractivity contribution in [1.29, 1.82) is 0 Å². The zero-order valence-corrected chi connectivity index (χ0v) is 10.7. The number of allylic oxidation sites excluding steroid dienone is 5. The molecule has 0 amide bonds. The predicted molar refractivity (Wildman–Crippen MR) is 68.3 cm³/mol. The summed E-state index contributed by atoms with van der Waals surface area (Å²) in [5, 5.41) is 0. The summed E-state index contributed by atoms with van der Waals surface area (Å²) < 4.78 is 5.39. The van der Waals surface area contributed by atoms with Crippen molar-refractivity contribution in [3.05, 3.63) is 34.6 Å². The fourth-order valence-electron chi connectivity index (χ4n) is 2.34. The molecule has 0 N–H and O–H groups in total. The van der Waals surface area contributed by atoms with Gasteiger partial charge in [-0.3, -0.25) is 0 Å². The van der Waals surface area contributed by atoms with Crippen LogP contribution in [-0.4, -0.2) is 5.97 Å². The number of hydrogen-bond donors (Lipinski definition) is 0. The molecule has 2 rings (SSSR count). The van der Waals surface area contributed by atoms with Crippen LogP contribution in [0, 0.1) is 0 Å². The number of esters is 1. The largest absolute Gasteiger partial charge is 0.428 e. The Morgan fingerprint density at radius 3 is 2.41 bits per heavy atom. The average Bonchev–Trinajstić information content (AvgIpc) is 2.99. The van der Waals surface area contributed by atoms with Gasteiger partial charge in [0.25, 0.3) is 0 Å². The zero-order valence-electron chi connectivity index (χ0n) is 10.7. The molecule has 92 valence electrons. The summed E-state index contributed by atoms with van der Waals surface area (Å²) in [6.07, 6.45) is 10.8. The molecule has 0 aliphatic heterocycles. The molecule has 0 heterocycles. The smallest absolute Gasteiger partial charge is 0.339 e. The predicted octanol–water partition coefficient (Wildman–Crippen LogP) is 4.04. The Bertz CT molecular complexity index is 411. The molecule has 0 radical (unpaired) electrons. The Balaban J connectivity index is 2.04. The Kier molecular flexibility index (Phi) is 3.82. The van der Waals surface area contributed by atoms with E-state index in [-0.39, 0.29) is 5.97 Å². The third kappa shape index (κ3) is 2.87. The monoisotopic (exact) mass is 232 g/mol. The Morgan fingerprint density at radius 2 is 1.82 bits per heavy atom. The van der Waals surface area contributed by atoms with Gasteiger partial charge in [-0.15, -0.1) is 0 Å². The van der Waals surface area contributed by atoms with Gasteiger partial charge in [0.2, 0.25) is 0 Å². The van der Waals surface area contributed by atoms with Gasteiger partial charge < -0.3 is 4.74 Å². The SMILES string of the molecule is CC(C(=O)OC1=CCCC1)=C(C)C1=CCCC1. The second kappa shape index (κ2) is 5.35. The molecule has 2 heteroatoms. The van der Waals surface area contributed by atoms with Gasteiger partial charge in [-0.1, -0.05) is 6.08 Å². The van der Waals surface area contributed by atoms with E-state index < -0.39 is 0 Å². The molecular formula is C15H20O2. The lowest BCUT2D eigenvalue weighted by molar-refractivity contribution is -0.135. The van der Waals surface area contributed by atoms with Crippen molar-refractivity contribution in [2.24, 2.45) is 0 Å². The first-order chi connectivity index (χ1) is 8.18. The van der Waals surface area contributed by atoms with E-state index in [0.717, 1.165) is 49.0 Å². The molecule has 0 bridgehead atoms. The van der Waals surface area contributed by atoms with E-state index in [0.29, 0.717) is 0 Å². The minimum Gasteiger partial charge on any atom is -0.428 e. The third-order valence-corrected chi connectivity index (χ3v) is 3.61. The van der Waals surface area contributed by atoms with Crippen LogP contribution in [0.15, 0.2) is 34.6 Å². The lowest BCUT2D eigenvalue weighted by Crippen LogP contribution is -2.07. The van der Waals surface area contributed by atoms with E-state index in [9.17, 15) is 4.79 Å². The van der Waals surface area contributed by atoms with Gasteiger partial charge in [0.05, 0.1) is 0 Å². The Labute approximate surface area is 103 Å². The summed E-state index contributed by atoms with van der Waals surface area (Å²) >= 11 is 0. The van der Waals surface area contributed by atoms with E-state index in [1.54, 1.807) is 0 Å². The van der Waals surface area contributed by atoms with E-state index in [4.69, 9.17) is 4.74 Å². The van der Waals surface area contributed by atoms with E-state index in [1.807, 2.05) is 19.9 Å². The van der Waals surface area contributed by atoms with Crippen molar-refractivity contribution in [3.8, 4) is 0 Å². The summed E-state index contributed by atoms with van der Waals surface area (Å²) in [6, 6.07) is 0. The summed E-state index contributed by atoms with van der Waals surface area (Å²) in [5.41, 5.74) is 3.18. The quantitative estimate of drug-likeness (QED) is 0.542. The van der Waals surface area contributed by atoms with Crippen LogP contribution in [0.3, 0.4) is 0 Å². The van der Waals surface area contributed by atoms with Gasteiger partial charge in [0.15, 0.2) is 0 Å². The van der Waals surface area contributed by atoms with Crippen LogP contribution < -0.4 is 0 Å². The summed E-state index contributed by atoms with van der Waals surface area (Å²) in [5.74, 6) is 0.672. The molecule has 2 aliphatic carbocycles. The maximum atomic E-state index is 11.9. The minimum atomic E-state index is -0.177. The van der Waals surface area contributed by atoms with Crippen molar-refractivity contribution in [1.82, 2.24) is 0 Å². The van der Waals surface area contributed by atoms with Gasteiger partial charge in [-0.05, 0) is 63.2 Å². The molecular weight excluding hydrogens is 212 g/mol. The maximum absolute atomic E-state index is 11.9. The first kappa shape index (κ1) is 12.2. The van der Waals surface area contributed by atoms with Crippen molar-refractivity contribution >= 4 is 5.97 Å². The summed E-state index contributed by atoms with van der Waals surface area (Å²) in [7, 11) is 0. The van der Waals surface area contributed by atoms with Crippen LogP contribution in [0.25, 0.3) is 0 Å². The molecule has 0 saturated carbocycles. The second-order valence-electron chi connectivity index (χ2n) is 4.82. The maximum Gasteiger partial charge on any atom is 0.339 e. The van der Waals surface area contributed by atoms with Crippen molar-refractivity contribution in [2.45, 2.75) is 52.4 Å². The summed E-state index contributed by atoms with van der Waals surface area (Å²) in [4.78, 5) is 11.9. The average molecular weight is 232 g/mol. The highest BCUT2D eigenvalue weighted by Gasteiger charge is 2.17. The van der Waals surface area contributed by atoms with Crippen LogP contribution in [0.1, 0.15) is 52.4 Å². The number of ether oxygens (including phenoxy) is 1. The van der Waals surface area contributed by atoms with Crippen LogP contribution in [-0.2, 0) is 9.53 Å². The number of hydrogen-bond acceptors (Lipinski definition) is 2. The van der Waals surface area contributed by atoms with Crippen LogP contribution in [0.4, 0.5) is 0 Å². The van der Waals surface area contributed by atoms with Crippen LogP contribution in [0.5, 0.6) is 0 Å². The first-order valence-corrected chi connectivity index (χ1v) is 6.46. The molecule has 17 heavy (non-hydrogen) atoms. The van der Waals surface area contributed by atoms with E-state index in [1.165, 1.54) is 12.0 Å². The Morgan fingerprint density at radius 1 is 1.12 bits per heavy atom. The number of rotatable bonds is 3. The lowest BCUT2D eigenvalue weighted by Gasteiger charge is -2.09. The molecule has 0 unspecified atom stereocenters. The molecule has 0 aromatic rings. The van der Waals surface area contributed by atoms with Gasteiger partial charge in [-0.2, -0.15) is 0 Å². The number of carbonyl (C=O) groups excluding carboxylic acids is 1. The number of carbonyl (C=O) groups is 1. The molecule has 0 atom stereocenters. The van der Waals surface area contributed by atoms with Gasteiger partial charge in [0, 0.05) is 12.0 Å². The van der Waals surface area contributed by atoms with Gasteiger partial charge in [-0.25, -0.2) is 4.79 Å². The van der Waals surface area contributed by atoms with Crippen molar-refractivity contribution in [3.63, 3.8) is 0 Å². The van der Waals surface area contributed by atoms with E-state index in [2.05, 4.69) is 6.08 Å². The summed E-state index contributed by atoms with van der Waals surface area (Å²) in [6.45, 7) is 3.89. The molecule has 2 aliphatic rings. The molecule has 0 spiro atoms. The van der Waals surface area contributed by atoms with Gasteiger partial charge >= 0.3 is 5.97 Å². The highest BCUT2D eigenvalue weighted by atomic mass is 16.5. The zero-order chi connectivity index (χ0) is 12.3. The van der Waals surface area contributed by atoms with Crippen LogP contribution >= 0.6 is 0 Å². The van der Waals surface area contributed by atoms with Crippen LogP contribution in [0.2, 0.25) is 0 Å². The first-order valence-electron chi connectivity index (χ1n) is 6.46. The minimum absolute atomic E-state index is 0.177. The van der Waals surface area contributed by atoms with E-state index >= 15 is 0 Å². The van der Waals surface area contributed by atoms with Crippen molar-refractivity contribution in [2.75, 3.05) is 0 Å². The highest BCUT2D eigenvalue weighted by molar-refractivity contribution is 5.90. The molecule has 0 aromatic heterocycles. The fraction of sp³-hybridized carbons (Fsp3) is 0.533. The Hall–Kier alpha value is -1.31. The topological polar surface area (TPSA) is 26.3 Å². The van der Waals surface area contributed by atoms with Crippen molar-refractivity contribution < 1.29 is 9.53 Å². The normalized spacial score (nSPS) is 20.8. The highest BCUT2D eigenvalue weighted by Crippen LogP contribution is 2.27. The molecule has 0 aromatic carbocycles. The van der Waals surface area contributed by atoms with Gasteiger partial charge in [0.1, 0.15) is 5.76 Å². The third-order valence-electron chi connectivity index (χ3n) is 3.61. The fourth-order valence-corrected chi connectivity index (χ4v) is 2.34. The molecule has 0 fully saturated rings. The molecule has 2 nitrogen and oxygen atoms in total. The second-order valence-corrected chi connectivity index (χ2v) is 4.82. The molecule has 0 saturated heterocycles.